The standard InChI is InChI=1S/C10H14O2/c1-7-8(6-11)10-5-3-2-4-9(7)12-10/h2-5,7-11H,6H2,1H3. The first-order valence-corrected chi connectivity index (χ1v) is 4.44. The lowest BCUT2D eigenvalue weighted by atomic mass is 9.88. The molecule has 0 amide bonds. The summed E-state index contributed by atoms with van der Waals surface area (Å²) >= 11 is 0. The number of aliphatic hydroxyl groups excluding tert-OH is 1. The van der Waals surface area contributed by atoms with E-state index in [-0.39, 0.29) is 24.7 Å². The summed E-state index contributed by atoms with van der Waals surface area (Å²) in [7, 11) is 0. The number of rotatable bonds is 1. The fourth-order valence-electron chi connectivity index (χ4n) is 1.98. The number of ether oxygens (including phenoxy) is 1. The van der Waals surface area contributed by atoms with E-state index in [2.05, 4.69) is 13.0 Å². The Labute approximate surface area is 72.5 Å². The van der Waals surface area contributed by atoms with Crippen molar-refractivity contribution in [1.82, 2.24) is 0 Å². The van der Waals surface area contributed by atoms with Crippen LogP contribution in [-0.2, 0) is 4.74 Å². The molecule has 0 aromatic heterocycles. The fourth-order valence-corrected chi connectivity index (χ4v) is 1.98. The van der Waals surface area contributed by atoms with Gasteiger partial charge in [-0.15, -0.1) is 0 Å². The fraction of sp³-hybridized carbons (Fsp3) is 0.600. The monoisotopic (exact) mass is 166 g/mol. The zero-order valence-electron chi connectivity index (χ0n) is 7.18. The van der Waals surface area contributed by atoms with Gasteiger partial charge in [0.05, 0.1) is 12.2 Å². The second-order valence-electron chi connectivity index (χ2n) is 3.54. The molecule has 1 fully saturated rings. The predicted molar refractivity (Wildman–Crippen MR) is 46.7 cm³/mol. The molecule has 4 atom stereocenters. The van der Waals surface area contributed by atoms with E-state index in [0.717, 1.165) is 0 Å². The van der Waals surface area contributed by atoms with E-state index in [9.17, 15) is 0 Å². The van der Waals surface area contributed by atoms with Gasteiger partial charge in [0.25, 0.3) is 0 Å². The molecule has 2 rings (SSSR count). The molecule has 66 valence electrons. The van der Waals surface area contributed by atoms with Gasteiger partial charge in [-0.2, -0.15) is 0 Å². The molecule has 2 aliphatic rings. The first kappa shape index (κ1) is 8.02. The molecule has 2 nitrogen and oxygen atoms in total. The van der Waals surface area contributed by atoms with Crippen LogP contribution >= 0.6 is 0 Å². The van der Waals surface area contributed by atoms with E-state index in [1.807, 2.05) is 18.2 Å². The smallest absolute Gasteiger partial charge is 0.0820 e. The van der Waals surface area contributed by atoms with Crippen molar-refractivity contribution in [2.75, 3.05) is 6.61 Å². The minimum absolute atomic E-state index is 0.116. The molecule has 2 heteroatoms. The highest BCUT2D eigenvalue weighted by Gasteiger charge is 2.39. The van der Waals surface area contributed by atoms with E-state index >= 15 is 0 Å². The summed E-state index contributed by atoms with van der Waals surface area (Å²) < 4.78 is 5.70. The van der Waals surface area contributed by atoms with Crippen molar-refractivity contribution in [3.63, 3.8) is 0 Å². The average Bonchev–Trinajstić information content (AvgIpc) is 2.25. The van der Waals surface area contributed by atoms with Crippen LogP contribution in [0, 0.1) is 11.8 Å². The van der Waals surface area contributed by atoms with Crippen molar-refractivity contribution in [1.29, 1.82) is 0 Å². The van der Waals surface area contributed by atoms with Gasteiger partial charge >= 0.3 is 0 Å². The molecule has 2 heterocycles. The molecule has 0 radical (unpaired) electrons. The zero-order chi connectivity index (χ0) is 8.55. The third kappa shape index (κ3) is 1.11. The molecule has 1 N–H and O–H groups in total. The summed E-state index contributed by atoms with van der Waals surface area (Å²) in [6.45, 7) is 2.36. The molecule has 2 aliphatic heterocycles. The first-order chi connectivity index (χ1) is 5.83. The quantitative estimate of drug-likeness (QED) is 0.632. The molecule has 0 aromatic rings. The zero-order valence-corrected chi connectivity index (χ0v) is 7.18. The second-order valence-corrected chi connectivity index (χ2v) is 3.54. The van der Waals surface area contributed by atoms with Crippen LogP contribution in [0.3, 0.4) is 0 Å². The summed E-state index contributed by atoms with van der Waals surface area (Å²) in [6, 6.07) is 0. The highest BCUT2D eigenvalue weighted by molar-refractivity contribution is 5.16. The van der Waals surface area contributed by atoms with E-state index in [0.29, 0.717) is 5.92 Å². The third-order valence-corrected chi connectivity index (χ3v) is 2.85. The van der Waals surface area contributed by atoms with Gasteiger partial charge in [0.2, 0.25) is 0 Å². The molecular formula is C10H14O2. The van der Waals surface area contributed by atoms with Gasteiger partial charge < -0.3 is 9.84 Å². The molecule has 4 unspecified atom stereocenters. The van der Waals surface area contributed by atoms with Crippen LogP contribution in [0.25, 0.3) is 0 Å². The van der Waals surface area contributed by atoms with E-state index in [4.69, 9.17) is 9.84 Å². The maximum absolute atomic E-state index is 9.14. The topological polar surface area (TPSA) is 29.5 Å². The number of aliphatic hydroxyl groups is 1. The Morgan fingerprint density at radius 3 is 2.58 bits per heavy atom. The maximum atomic E-state index is 9.14. The van der Waals surface area contributed by atoms with Gasteiger partial charge in [-0.05, 0) is 5.92 Å². The second kappa shape index (κ2) is 3.04. The molecule has 12 heavy (non-hydrogen) atoms. The molecule has 0 aromatic carbocycles. The van der Waals surface area contributed by atoms with Crippen molar-refractivity contribution >= 4 is 0 Å². The van der Waals surface area contributed by atoms with Crippen LogP contribution in [0.4, 0.5) is 0 Å². The largest absolute Gasteiger partial charge is 0.396 e. The van der Waals surface area contributed by atoms with Crippen molar-refractivity contribution in [2.45, 2.75) is 19.1 Å². The van der Waals surface area contributed by atoms with Crippen LogP contribution in [0.2, 0.25) is 0 Å². The van der Waals surface area contributed by atoms with Crippen LogP contribution < -0.4 is 0 Å². The van der Waals surface area contributed by atoms with E-state index in [1.54, 1.807) is 0 Å². The van der Waals surface area contributed by atoms with Gasteiger partial charge in [0, 0.05) is 12.5 Å². The molecular weight excluding hydrogens is 152 g/mol. The Morgan fingerprint density at radius 1 is 1.25 bits per heavy atom. The molecule has 2 bridgehead atoms. The first-order valence-electron chi connectivity index (χ1n) is 4.44. The summed E-state index contributed by atoms with van der Waals surface area (Å²) in [5.41, 5.74) is 0. The molecule has 0 spiro atoms. The summed E-state index contributed by atoms with van der Waals surface area (Å²) in [5.74, 6) is 0.706. The summed E-state index contributed by atoms with van der Waals surface area (Å²) in [6.07, 6.45) is 8.43. The third-order valence-electron chi connectivity index (χ3n) is 2.85. The predicted octanol–water partition coefficient (Wildman–Crippen LogP) is 1.12. The Balaban J connectivity index is 2.22. The van der Waals surface area contributed by atoms with E-state index in [1.165, 1.54) is 0 Å². The summed E-state index contributed by atoms with van der Waals surface area (Å²) in [5, 5.41) is 9.14. The van der Waals surface area contributed by atoms with Crippen molar-refractivity contribution in [3.8, 4) is 0 Å². The van der Waals surface area contributed by atoms with Gasteiger partial charge in [-0.25, -0.2) is 0 Å². The van der Waals surface area contributed by atoms with E-state index < -0.39 is 0 Å². The van der Waals surface area contributed by atoms with Gasteiger partial charge in [-0.1, -0.05) is 31.2 Å². The van der Waals surface area contributed by atoms with Gasteiger partial charge in [0.1, 0.15) is 0 Å². The van der Waals surface area contributed by atoms with Crippen LogP contribution in [0.5, 0.6) is 0 Å². The lowest BCUT2D eigenvalue weighted by Crippen LogP contribution is -2.22. The minimum Gasteiger partial charge on any atom is -0.396 e. The van der Waals surface area contributed by atoms with Crippen LogP contribution in [0.1, 0.15) is 6.92 Å². The van der Waals surface area contributed by atoms with Crippen molar-refractivity contribution < 1.29 is 9.84 Å². The number of allylic oxidation sites excluding steroid dienone is 2. The van der Waals surface area contributed by atoms with Gasteiger partial charge in [-0.3, -0.25) is 0 Å². The average molecular weight is 166 g/mol. The number of hydrogen-bond acceptors (Lipinski definition) is 2. The SMILES string of the molecule is CC1C2C=CC=CC(O2)C1CO. The minimum atomic E-state index is 0.116. The Bertz CT molecular complexity index is 220. The molecule has 0 saturated carbocycles. The maximum Gasteiger partial charge on any atom is 0.0820 e. The lowest BCUT2D eigenvalue weighted by Gasteiger charge is -2.15. The molecule has 1 saturated heterocycles. The highest BCUT2D eigenvalue weighted by Crippen LogP contribution is 2.34. The van der Waals surface area contributed by atoms with Crippen molar-refractivity contribution in [2.24, 2.45) is 11.8 Å². The van der Waals surface area contributed by atoms with Gasteiger partial charge in [0.15, 0.2) is 0 Å². The van der Waals surface area contributed by atoms with Crippen LogP contribution in [-0.4, -0.2) is 23.9 Å². The van der Waals surface area contributed by atoms with Crippen LogP contribution in [0.15, 0.2) is 24.3 Å². The molecule has 0 aliphatic carbocycles. The highest BCUT2D eigenvalue weighted by atomic mass is 16.5. The Morgan fingerprint density at radius 2 is 1.92 bits per heavy atom. The number of fused-ring (bicyclic) bond motifs is 2. The number of hydrogen-bond donors (Lipinski definition) is 1. The Hall–Kier alpha value is -0.600. The van der Waals surface area contributed by atoms with Crippen molar-refractivity contribution in [3.05, 3.63) is 24.3 Å². The normalized spacial score (nSPS) is 44.8. The lowest BCUT2D eigenvalue weighted by molar-refractivity contribution is 0.0773. The summed E-state index contributed by atoms with van der Waals surface area (Å²) in [4.78, 5) is 0. The Kier molecular flexibility index (Phi) is 2.03.